The van der Waals surface area contributed by atoms with Gasteiger partial charge in [-0.25, -0.2) is 0 Å². The lowest BCUT2D eigenvalue weighted by atomic mass is 10.2. The van der Waals surface area contributed by atoms with Crippen LogP contribution >= 0.6 is 21.6 Å². The Labute approximate surface area is 284 Å². The third-order valence-corrected chi connectivity index (χ3v) is 9.33. The van der Waals surface area contributed by atoms with Crippen LogP contribution in [0.25, 0.3) is 0 Å². The Morgan fingerprint density at radius 3 is 2.15 bits per heavy atom. The molecule has 0 spiro atoms. The van der Waals surface area contributed by atoms with Gasteiger partial charge in [-0.15, -0.1) is 5.92 Å². The molecule has 0 aliphatic heterocycles. The number of hydrogen-bond donors (Lipinski definition) is 3. The number of hydrogen-bond acceptors (Lipinski definition) is 11. The molecule has 0 aromatic heterocycles. The molecule has 11 nitrogen and oxygen atoms in total. The van der Waals surface area contributed by atoms with Crippen molar-refractivity contribution in [3.63, 3.8) is 0 Å². The first kappa shape index (κ1) is 44.0. The molecule has 4 N–H and O–H groups in total. The standard InChI is InChI=1S/C33H57N3O8S2/c1-8-11-12-15-35-30(37)26-42-23-24-44-33(7,46-45-32(4,5)6)27-43-29(10-3)25-28(9-2)31(38)36-16-18-40-20-22-41-21-19-39-17-13-14-34/h9-10,25H,2,8,13-24,26-27,34H2,1,3-7H3,(H,35,37)(H,36,38)/b28-25+,29-10+. The van der Waals surface area contributed by atoms with Crippen LogP contribution in [-0.4, -0.2) is 107 Å². The monoisotopic (exact) mass is 687 g/mol. The number of nitrogens with two attached hydrogens (primary N) is 1. The van der Waals surface area contributed by atoms with Crippen LogP contribution in [0.15, 0.2) is 36.1 Å². The normalized spacial score (nSPS) is 13.4. The van der Waals surface area contributed by atoms with Gasteiger partial charge in [-0.05, 0) is 39.0 Å². The molecule has 13 heteroatoms. The van der Waals surface area contributed by atoms with Crippen LogP contribution < -0.4 is 16.4 Å². The lowest BCUT2D eigenvalue weighted by Gasteiger charge is -2.31. The van der Waals surface area contributed by atoms with Crippen molar-refractivity contribution in [1.82, 2.24) is 10.6 Å². The average Bonchev–Trinajstić information content (AvgIpc) is 3.02. The molecular formula is C33H57N3O8S2. The molecule has 264 valence electrons. The van der Waals surface area contributed by atoms with Crippen molar-refractivity contribution in [3.05, 3.63) is 36.1 Å². The van der Waals surface area contributed by atoms with Gasteiger partial charge in [-0.3, -0.25) is 9.59 Å². The van der Waals surface area contributed by atoms with Crippen molar-refractivity contribution in [1.29, 1.82) is 0 Å². The van der Waals surface area contributed by atoms with Crippen molar-refractivity contribution < 1.29 is 38.0 Å². The van der Waals surface area contributed by atoms with E-state index in [2.05, 4.69) is 49.8 Å². The van der Waals surface area contributed by atoms with Gasteiger partial charge in [0.2, 0.25) is 5.91 Å². The Bertz CT molecular complexity index is 976. The van der Waals surface area contributed by atoms with Crippen LogP contribution in [-0.2, 0) is 38.0 Å². The summed E-state index contributed by atoms with van der Waals surface area (Å²) in [4.78, 5) is 23.9. The Hall–Kier alpha value is -2.02. The highest BCUT2D eigenvalue weighted by Crippen LogP contribution is 2.44. The molecule has 0 saturated heterocycles. The fourth-order valence-electron chi connectivity index (χ4n) is 3.02. The molecule has 46 heavy (non-hydrogen) atoms. The zero-order valence-corrected chi connectivity index (χ0v) is 30.3. The van der Waals surface area contributed by atoms with Crippen LogP contribution in [0.5, 0.6) is 0 Å². The maximum absolute atomic E-state index is 12.7. The molecule has 1 atom stereocenters. The highest BCUT2D eigenvalue weighted by Gasteiger charge is 2.30. The molecule has 0 aromatic carbocycles. The minimum atomic E-state index is -0.740. The van der Waals surface area contributed by atoms with Crippen molar-refractivity contribution in [3.8, 4) is 11.8 Å². The molecule has 0 saturated carbocycles. The number of allylic oxidation sites excluding steroid dienone is 2. The van der Waals surface area contributed by atoms with Crippen LogP contribution in [0.2, 0.25) is 0 Å². The third-order valence-electron chi connectivity index (χ3n) is 5.35. The van der Waals surface area contributed by atoms with Gasteiger partial charge in [0.15, 0.2) is 4.93 Å². The molecule has 0 fully saturated rings. The lowest BCUT2D eigenvalue weighted by Crippen LogP contribution is -2.33. The zero-order valence-electron chi connectivity index (χ0n) is 28.7. The van der Waals surface area contributed by atoms with Crippen LogP contribution in [0, 0.1) is 11.8 Å². The van der Waals surface area contributed by atoms with Gasteiger partial charge < -0.3 is 44.8 Å². The summed E-state index contributed by atoms with van der Waals surface area (Å²) in [5.41, 5.74) is 5.78. The van der Waals surface area contributed by atoms with E-state index in [0.29, 0.717) is 70.6 Å². The van der Waals surface area contributed by atoms with Crippen molar-refractivity contribution >= 4 is 33.4 Å². The van der Waals surface area contributed by atoms with E-state index in [9.17, 15) is 9.59 Å². The molecule has 2 amide bonds. The molecular weight excluding hydrogens is 631 g/mol. The van der Waals surface area contributed by atoms with E-state index in [-0.39, 0.29) is 43.0 Å². The average molecular weight is 688 g/mol. The van der Waals surface area contributed by atoms with Gasteiger partial charge in [-0.1, -0.05) is 67.9 Å². The van der Waals surface area contributed by atoms with E-state index in [1.54, 1.807) is 33.7 Å². The molecule has 0 aliphatic rings. The topological polar surface area (TPSA) is 140 Å². The molecule has 0 aliphatic carbocycles. The maximum atomic E-state index is 12.7. The molecule has 0 heterocycles. The first-order chi connectivity index (χ1) is 22.0. The highest BCUT2D eigenvalue weighted by atomic mass is 33.1. The second-order valence-corrected chi connectivity index (χ2v) is 14.2. The van der Waals surface area contributed by atoms with Gasteiger partial charge in [0, 0.05) is 29.9 Å². The molecule has 0 aromatic rings. The number of carbonyl (C=O) groups excluding carboxylic acids is 2. The highest BCUT2D eigenvalue weighted by molar-refractivity contribution is 8.77. The quantitative estimate of drug-likeness (QED) is 0.0220. The van der Waals surface area contributed by atoms with E-state index in [1.165, 1.54) is 6.08 Å². The van der Waals surface area contributed by atoms with Crippen LogP contribution in [0.1, 0.15) is 54.4 Å². The SMILES string of the molecule is C=C/C(=C\C(=C/C)OCC(C)(OCCOCC(=O)NCC#CCC)SSC(C)(C)C)C(=O)NCCOCCOCCOCCCN. The summed E-state index contributed by atoms with van der Waals surface area (Å²) in [5, 5.41) is 5.52. The first-order valence-electron chi connectivity index (χ1n) is 15.7. The predicted molar refractivity (Wildman–Crippen MR) is 188 cm³/mol. The summed E-state index contributed by atoms with van der Waals surface area (Å²) in [6, 6.07) is 0. The summed E-state index contributed by atoms with van der Waals surface area (Å²) in [5.74, 6) is 5.74. The summed E-state index contributed by atoms with van der Waals surface area (Å²) in [6.07, 6.45) is 6.48. The van der Waals surface area contributed by atoms with E-state index in [0.717, 1.165) is 12.8 Å². The summed E-state index contributed by atoms with van der Waals surface area (Å²) in [6.45, 7) is 20.6. The third kappa shape index (κ3) is 26.1. The Kier molecular flexibility index (Phi) is 26.8. The van der Waals surface area contributed by atoms with Gasteiger partial charge in [0.25, 0.3) is 5.91 Å². The molecule has 0 bridgehead atoms. The lowest BCUT2D eigenvalue weighted by molar-refractivity contribution is -0.126. The van der Waals surface area contributed by atoms with Gasteiger partial charge in [0.1, 0.15) is 19.0 Å². The van der Waals surface area contributed by atoms with E-state index in [1.807, 2.05) is 20.8 Å². The van der Waals surface area contributed by atoms with Gasteiger partial charge >= 0.3 is 0 Å². The summed E-state index contributed by atoms with van der Waals surface area (Å²) >= 11 is 0. The number of nitrogens with one attached hydrogen (secondary N) is 2. The molecule has 0 radical (unpaired) electrons. The van der Waals surface area contributed by atoms with Gasteiger partial charge in [0.05, 0.1) is 52.8 Å². The van der Waals surface area contributed by atoms with E-state index in [4.69, 9.17) is 34.2 Å². The van der Waals surface area contributed by atoms with Crippen LogP contribution in [0.4, 0.5) is 0 Å². The zero-order chi connectivity index (χ0) is 34.5. The Balaban J connectivity index is 4.73. The van der Waals surface area contributed by atoms with E-state index >= 15 is 0 Å². The van der Waals surface area contributed by atoms with E-state index < -0.39 is 4.93 Å². The smallest absolute Gasteiger partial charge is 0.251 e. The summed E-state index contributed by atoms with van der Waals surface area (Å²) < 4.78 is 34.1. The Morgan fingerprint density at radius 2 is 1.54 bits per heavy atom. The predicted octanol–water partition coefficient (Wildman–Crippen LogP) is 3.99. The van der Waals surface area contributed by atoms with Gasteiger partial charge in [-0.2, -0.15) is 0 Å². The maximum Gasteiger partial charge on any atom is 0.251 e. The minimum Gasteiger partial charge on any atom is -0.490 e. The Morgan fingerprint density at radius 1 is 0.891 bits per heavy atom. The summed E-state index contributed by atoms with van der Waals surface area (Å²) in [7, 11) is 3.23. The second kappa shape index (κ2) is 28.0. The number of amides is 2. The second-order valence-electron chi connectivity index (χ2n) is 10.8. The number of carbonyl (C=O) groups is 2. The molecule has 0 rings (SSSR count). The van der Waals surface area contributed by atoms with Crippen molar-refractivity contribution in [2.45, 2.75) is 64.1 Å². The van der Waals surface area contributed by atoms with Crippen molar-refractivity contribution in [2.24, 2.45) is 5.73 Å². The van der Waals surface area contributed by atoms with Crippen LogP contribution in [0.3, 0.4) is 0 Å². The fraction of sp³-hybridized carbons (Fsp3) is 0.697. The fourth-order valence-corrected chi connectivity index (χ4v) is 5.26. The number of ether oxygens (including phenoxy) is 6. The molecule has 1 unspecified atom stereocenters. The number of rotatable bonds is 27. The minimum absolute atomic E-state index is 0.0158. The first-order valence-corrected chi connectivity index (χ1v) is 17.8. The largest absolute Gasteiger partial charge is 0.490 e. The van der Waals surface area contributed by atoms with Crippen molar-refractivity contribution in [2.75, 3.05) is 85.7 Å².